The van der Waals surface area contributed by atoms with Crippen molar-refractivity contribution in [1.82, 2.24) is 0 Å². The second kappa shape index (κ2) is 17.5. The number of ketones is 2. The lowest BCUT2D eigenvalue weighted by atomic mass is 9.29. The minimum absolute atomic E-state index is 0.0683. The van der Waals surface area contributed by atoms with E-state index in [2.05, 4.69) is 0 Å². The van der Waals surface area contributed by atoms with Crippen LogP contribution in [0, 0.1) is 33.0 Å². The van der Waals surface area contributed by atoms with E-state index in [1.165, 1.54) is 6.92 Å². The quantitative estimate of drug-likeness (QED) is 0.0945. The van der Waals surface area contributed by atoms with Gasteiger partial charge >= 0.3 is 23.9 Å². The van der Waals surface area contributed by atoms with Crippen molar-refractivity contribution < 1.29 is 47.7 Å². The molecule has 4 aromatic rings. The Labute approximate surface area is 368 Å². The van der Waals surface area contributed by atoms with Gasteiger partial charge in [0.2, 0.25) is 0 Å². The molecule has 0 aliphatic heterocycles. The molecule has 3 fully saturated rings. The standard InChI is InChI=1S/C53H54O10/c1-37(54)43-24-15-27-53(48(59)63-36-41-22-13-6-14-23-41)49(43,2)28-26-44-51(46(57)61-34-39-18-9-4-10-19-39)29-25-42(55)32-50(51,45(56)60-33-38-16-7-3-8-17-38)30-31-52(44,53)47(58)62-35-40-20-11-5-12-21-40/h3-14,16-24,44H,15,25-36H2,1-2H3/t44?,49-,50?,51?,52?,53?/m1/s1. The Morgan fingerprint density at radius 2 is 0.984 bits per heavy atom. The third-order valence-corrected chi connectivity index (χ3v) is 15.1. The molecule has 0 radical (unpaired) electrons. The SMILES string of the molecule is CC(=O)C1=CCCC2(C(=O)OCc3ccccc3)C3(C(=O)OCc4ccccc4)CCC4(C(=O)OCc5ccccc5)CC(=O)CCC4(C(=O)OCc4ccccc4)C3CC[C@]12C. The van der Waals surface area contributed by atoms with Gasteiger partial charge in [-0.15, -0.1) is 0 Å². The first kappa shape index (κ1) is 43.5. The van der Waals surface area contributed by atoms with Gasteiger partial charge in [-0.05, 0) is 85.6 Å². The van der Waals surface area contributed by atoms with Gasteiger partial charge in [0.1, 0.15) is 32.2 Å². The van der Waals surface area contributed by atoms with Crippen LogP contribution in [0.25, 0.3) is 0 Å². The summed E-state index contributed by atoms with van der Waals surface area (Å²) in [6.45, 7) is 2.85. The van der Waals surface area contributed by atoms with E-state index in [1.54, 1.807) is 0 Å². The van der Waals surface area contributed by atoms with Gasteiger partial charge in [0.05, 0.1) is 21.7 Å². The summed E-state index contributed by atoms with van der Waals surface area (Å²) >= 11 is 0. The van der Waals surface area contributed by atoms with Gasteiger partial charge in [0, 0.05) is 18.3 Å². The zero-order chi connectivity index (χ0) is 44.3. The van der Waals surface area contributed by atoms with E-state index in [-0.39, 0.29) is 95.8 Å². The van der Waals surface area contributed by atoms with Gasteiger partial charge in [0.25, 0.3) is 0 Å². The first-order valence-electron chi connectivity index (χ1n) is 22.0. The number of hydrogen-bond donors (Lipinski definition) is 0. The third kappa shape index (κ3) is 7.21. The molecular formula is C53H54O10. The summed E-state index contributed by atoms with van der Waals surface area (Å²) in [4.78, 5) is 90.5. The maximum absolute atomic E-state index is 16.0. The Bertz CT molecular complexity index is 2400. The van der Waals surface area contributed by atoms with Gasteiger partial charge < -0.3 is 18.9 Å². The molecule has 0 saturated heterocycles. The lowest BCUT2D eigenvalue weighted by Gasteiger charge is -2.70. The summed E-state index contributed by atoms with van der Waals surface area (Å²) in [7, 11) is 0. The van der Waals surface area contributed by atoms with Crippen LogP contribution in [0.3, 0.4) is 0 Å². The van der Waals surface area contributed by atoms with Crippen LogP contribution < -0.4 is 0 Å². The third-order valence-electron chi connectivity index (χ3n) is 15.1. The normalized spacial score (nSPS) is 28.4. The van der Waals surface area contributed by atoms with Crippen LogP contribution in [0.5, 0.6) is 0 Å². The number of carbonyl (C=O) groups excluding carboxylic acids is 6. The van der Waals surface area contributed by atoms with Crippen molar-refractivity contribution in [3.8, 4) is 0 Å². The molecule has 0 amide bonds. The van der Waals surface area contributed by atoms with E-state index in [0.717, 1.165) is 11.1 Å². The van der Waals surface area contributed by atoms with Crippen molar-refractivity contribution in [2.45, 2.75) is 98.1 Å². The zero-order valence-electron chi connectivity index (χ0n) is 36.0. The van der Waals surface area contributed by atoms with E-state index in [9.17, 15) is 9.59 Å². The smallest absolute Gasteiger partial charge is 0.314 e. The summed E-state index contributed by atoms with van der Waals surface area (Å²) in [6.07, 6.45) is 1.73. The molecule has 4 aliphatic carbocycles. The van der Waals surface area contributed by atoms with Crippen molar-refractivity contribution in [3.05, 3.63) is 155 Å². The predicted octanol–water partition coefficient (Wildman–Crippen LogP) is 9.18. The van der Waals surface area contributed by atoms with Gasteiger partial charge in [-0.1, -0.05) is 134 Å². The largest absolute Gasteiger partial charge is 0.460 e. The average Bonchev–Trinajstić information content (AvgIpc) is 3.31. The molecule has 0 bridgehead atoms. The summed E-state index contributed by atoms with van der Waals surface area (Å²) in [5, 5.41) is 0. The van der Waals surface area contributed by atoms with Crippen LogP contribution in [0.2, 0.25) is 0 Å². The monoisotopic (exact) mass is 850 g/mol. The molecule has 0 heterocycles. The fraction of sp³-hybridized carbons (Fsp3) is 0.396. The highest BCUT2D eigenvalue weighted by molar-refractivity contribution is 6.01. The molecule has 0 spiro atoms. The topological polar surface area (TPSA) is 139 Å². The zero-order valence-corrected chi connectivity index (χ0v) is 36.0. The molecule has 10 heteroatoms. The van der Waals surface area contributed by atoms with Crippen LogP contribution in [0.4, 0.5) is 0 Å². The molecule has 0 aromatic heterocycles. The van der Waals surface area contributed by atoms with Crippen molar-refractivity contribution in [3.63, 3.8) is 0 Å². The highest BCUT2D eigenvalue weighted by Gasteiger charge is 2.84. The maximum atomic E-state index is 16.0. The lowest BCUT2D eigenvalue weighted by molar-refractivity contribution is -0.264. The average molecular weight is 851 g/mol. The molecule has 326 valence electrons. The highest BCUT2D eigenvalue weighted by atomic mass is 16.6. The molecule has 10 nitrogen and oxygen atoms in total. The van der Waals surface area contributed by atoms with Gasteiger partial charge in [-0.3, -0.25) is 28.8 Å². The minimum Gasteiger partial charge on any atom is -0.460 e. The molecule has 0 N–H and O–H groups in total. The first-order valence-corrected chi connectivity index (χ1v) is 22.0. The van der Waals surface area contributed by atoms with Gasteiger partial charge in [-0.25, -0.2) is 0 Å². The van der Waals surface area contributed by atoms with Crippen molar-refractivity contribution in [1.29, 1.82) is 0 Å². The summed E-state index contributed by atoms with van der Waals surface area (Å²) in [5.74, 6) is -4.42. The number of Topliss-reactive ketones (excluding diaryl/α,β-unsaturated/α-hetero) is 2. The number of benzene rings is 4. The van der Waals surface area contributed by atoms with Crippen LogP contribution in [0.1, 0.15) is 93.9 Å². The Balaban J connectivity index is 1.35. The van der Waals surface area contributed by atoms with E-state index in [1.807, 2.05) is 134 Å². The van der Waals surface area contributed by atoms with Gasteiger partial charge in [-0.2, -0.15) is 0 Å². The Hall–Kier alpha value is -6.16. The molecule has 63 heavy (non-hydrogen) atoms. The van der Waals surface area contributed by atoms with Crippen LogP contribution in [-0.4, -0.2) is 35.4 Å². The van der Waals surface area contributed by atoms with Crippen molar-refractivity contribution in [2.24, 2.45) is 33.0 Å². The van der Waals surface area contributed by atoms with E-state index < -0.39 is 56.9 Å². The van der Waals surface area contributed by atoms with Crippen molar-refractivity contribution in [2.75, 3.05) is 0 Å². The number of rotatable bonds is 13. The number of allylic oxidation sites excluding steroid dienone is 2. The first-order chi connectivity index (χ1) is 30.4. The summed E-state index contributed by atoms with van der Waals surface area (Å²) in [5.41, 5.74) is -5.23. The maximum Gasteiger partial charge on any atom is 0.314 e. The second-order valence-corrected chi connectivity index (χ2v) is 18.0. The summed E-state index contributed by atoms with van der Waals surface area (Å²) < 4.78 is 25.3. The van der Waals surface area contributed by atoms with Crippen LogP contribution >= 0.6 is 0 Å². The summed E-state index contributed by atoms with van der Waals surface area (Å²) in [6, 6.07) is 36.7. The fourth-order valence-corrected chi connectivity index (χ4v) is 12.3. The Kier molecular flexibility index (Phi) is 12.1. The lowest BCUT2D eigenvalue weighted by Crippen LogP contribution is -2.76. The molecule has 6 atom stereocenters. The molecular weight excluding hydrogens is 797 g/mol. The molecule has 4 aliphatic rings. The number of ether oxygens (including phenoxy) is 4. The fourth-order valence-electron chi connectivity index (χ4n) is 12.3. The number of carbonyl (C=O) groups is 6. The molecule has 8 rings (SSSR count). The Morgan fingerprint density at radius 3 is 1.46 bits per heavy atom. The minimum atomic E-state index is -1.85. The van der Waals surface area contributed by atoms with Crippen LogP contribution in [-0.2, 0) is 74.1 Å². The number of fused-ring (bicyclic) bond motifs is 5. The van der Waals surface area contributed by atoms with E-state index in [0.29, 0.717) is 16.7 Å². The molecule has 5 unspecified atom stereocenters. The highest BCUT2D eigenvalue weighted by Crippen LogP contribution is 2.79. The van der Waals surface area contributed by atoms with Crippen molar-refractivity contribution >= 4 is 35.4 Å². The second-order valence-electron chi connectivity index (χ2n) is 18.0. The molecule has 4 aromatic carbocycles. The number of hydrogen-bond acceptors (Lipinski definition) is 10. The number of esters is 4. The molecule has 3 saturated carbocycles. The van der Waals surface area contributed by atoms with Gasteiger partial charge in [0.15, 0.2) is 5.78 Å². The van der Waals surface area contributed by atoms with E-state index in [4.69, 9.17) is 18.9 Å². The predicted molar refractivity (Wildman–Crippen MR) is 232 cm³/mol. The Morgan fingerprint density at radius 1 is 0.540 bits per heavy atom. The van der Waals surface area contributed by atoms with E-state index >= 15 is 19.2 Å². The van der Waals surface area contributed by atoms with Crippen LogP contribution in [0.15, 0.2) is 133 Å².